The number of nitrogens with zero attached hydrogens (tertiary/aromatic N) is 1. The van der Waals surface area contributed by atoms with E-state index in [1.165, 1.54) is 0 Å². The molecule has 18 heavy (non-hydrogen) atoms. The summed E-state index contributed by atoms with van der Waals surface area (Å²) in [5, 5.41) is 1.93. The minimum absolute atomic E-state index is 0.143. The van der Waals surface area contributed by atoms with Gasteiger partial charge in [0.15, 0.2) is 0 Å². The molecule has 3 nitrogen and oxygen atoms in total. The lowest BCUT2D eigenvalue weighted by Gasteiger charge is -2.31. The summed E-state index contributed by atoms with van der Waals surface area (Å²) in [5.41, 5.74) is 0.810. The Morgan fingerprint density at radius 1 is 1.56 bits per heavy atom. The molecule has 1 aliphatic rings. The average Bonchev–Trinajstić information content (AvgIpc) is 2.83. The van der Waals surface area contributed by atoms with Gasteiger partial charge >= 0.3 is 0 Å². The van der Waals surface area contributed by atoms with E-state index in [9.17, 15) is 4.79 Å². The number of amides is 1. The number of piperidine rings is 1. The molecule has 0 atom stereocenters. The van der Waals surface area contributed by atoms with Crippen LogP contribution in [0.25, 0.3) is 0 Å². The number of likely N-dealkylation sites (tertiary alicyclic amines) is 1. The van der Waals surface area contributed by atoms with E-state index in [4.69, 9.17) is 16.3 Å². The number of alkyl halides is 1. The minimum Gasteiger partial charge on any atom is -0.377 e. The fourth-order valence-corrected chi connectivity index (χ4v) is 3.45. The standard InChI is InChI=1S/C12H15ClINO2S/c13-3-6-17-10-1-4-15(5-2-10)12(16)9-7-11(14)18-8-9/h7-8,10H,1-6H2. The van der Waals surface area contributed by atoms with Crippen molar-refractivity contribution >= 4 is 51.4 Å². The van der Waals surface area contributed by atoms with Gasteiger partial charge in [0.2, 0.25) is 0 Å². The lowest BCUT2D eigenvalue weighted by molar-refractivity contribution is 0.0154. The number of hydrogen-bond donors (Lipinski definition) is 0. The van der Waals surface area contributed by atoms with E-state index in [1.54, 1.807) is 11.3 Å². The summed E-state index contributed by atoms with van der Waals surface area (Å²) >= 11 is 9.44. The zero-order valence-corrected chi connectivity index (χ0v) is 13.6. The van der Waals surface area contributed by atoms with E-state index < -0.39 is 0 Å². The fourth-order valence-electron chi connectivity index (χ4n) is 2.04. The third kappa shape index (κ3) is 3.82. The molecule has 1 amide bonds. The van der Waals surface area contributed by atoms with Crippen molar-refractivity contribution in [1.82, 2.24) is 4.90 Å². The maximum Gasteiger partial charge on any atom is 0.254 e. The lowest BCUT2D eigenvalue weighted by Crippen LogP contribution is -2.40. The van der Waals surface area contributed by atoms with Crippen LogP contribution < -0.4 is 0 Å². The van der Waals surface area contributed by atoms with Gasteiger partial charge in [0.25, 0.3) is 5.91 Å². The second kappa shape index (κ2) is 7.07. The molecule has 0 aliphatic carbocycles. The monoisotopic (exact) mass is 399 g/mol. The van der Waals surface area contributed by atoms with Gasteiger partial charge in [-0.1, -0.05) is 0 Å². The van der Waals surface area contributed by atoms with E-state index in [1.807, 2.05) is 16.3 Å². The largest absolute Gasteiger partial charge is 0.377 e. The van der Waals surface area contributed by atoms with Crippen molar-refractivity contribution in [2.24, 2.45) is 0 Å². The van der Waals surface area contributed by atoms with Gasteiger partial charge in [-0.3, -0.25) is 4.79 Å². The molecule has 6 heteroatoms. The molecule has 1 fully saturated rings. The maximum absolute atomic E-state index is 12.2. The first-order valence-electron chi connectivity index (χ1n) is 5.91. The molecule has 0 radical (unpaired) electrons. The van der Waals surface area contributed by atoms with E-state index >= 15 is 0 Å². The van der Waals surface area contributed by atoms with Crippen LogP contribution in [0.4, 0.5) is 0 Å². The molecule has 0 bridgehead atoms. The molecular formula is C12H15ClINO2S. The third-order valence-corrected chi connectivity index (χ3v) is 4.92. The summed E-state index contributed by atoms with van der Waals surface area (Å²) in [7, 11) is 0. The van der Waals surface area contributed by atoms with Crippen LogP contribution in [0.5, 0.6) is 0 Å². The minimum atomic E-state index is 0.143. The highest BCUT2D eigenvalue weighted by Crippen LogP contribution is 2.21. The van der Waals surface area contributed by atoms with Crippen LogP contribution in [0.15, 0.2) is 11.4 Å². The lowest BCUT2D eigenvalue weighted by atomic mass is 10.1. The Balaban J connectivity index is 1.84. The molecule has 1 aromatic heterocycles. The average molecular weight is 400 g/mol. The smallest absolute Gasteiger partial charge is 0.254 e. The predicted molar refractivity (Wildman–Crippen MR) is 82.6 cm³/mol. The van der Waals surface area contributed by atoms with Crippen molar-refractivity contribution in [1.29, 1.82) is 0 Å². The quantitative estimate of drug-likeness (QED) is 0.575. The summed E-state index contributed by atoms with van der Waals surface area (Å²) in [6.45, 7) is 2.15. The van der Waals surface area contributed by atoms with Crippen LogP contribution in [-0.2, 0) is 4.74 Å². The van der Waals surface area contributed by atoms with Gasteiger partial charge in [0.1, 0.15) is 0 Å². The van der Waals surface area contributed by atoms with Crippen molar-refractivity contribution in [2.45, 2.75) is 18.9 Å². The number of thiophene rings is 1. The first-order valence-corrected chi connectivity index (χ1v) is 8.41. The number of rotatable bonds is 4. The molecule has 0 spiro atoms. The van der Waals surface area contributed by atoms with Crippen LogP contribution in [-0.4, -0.2) is 42.5 Å². The molecular weight excluding hydrogens is 385 g/mol. The van der Waals surface area contributed by atoms with E-state index in [0.29, 0.717) is 12.5 Å². The fraction of sp³-hybridized carbons (Fsp3) is 0.583. The van der Waals surface area contributed by atoms with Gasteiger partial charge in [-0.15, -0.1) is 22.9 Å². The van der Waals surface area contributed by atoms with Crippen molar-refractivity contribution in [3.63, 3.8) is 0 Å². The molecule has 0 N–H and O–H groups in total. The van der Waals surface area contributed by atoms with Gasteiger partial charge in [-0.2, -0.15) is 0 Å². The summed E-state index contributed by atoms with van der Waals surface area (Å²) in [4.78, 5) is 14.1. The molecule has 100 valence electrons. The highest BCUT2D eigenvalue weighted by atomic mass is 127. The maximum atomic E-state index is 12.2. The van der Waals surface area contributed by atoms with E-state index in [-0.39, 0.29) is 12.0 Å². The van der Waals surface area contributed by atoms with Crippen LogP contribution in [0.2, 0.25) is 0 Å². The normalized spacial score (nSPS) is 17.1. The van der Waals surface area contributed by atoms with Crippen LogP contribution in [0.1, 0.15) is 23.2 Å². The number of carbonyl (C=O) groups is 1. The molecule has 2 rings (SSSR count). The number of halogens is 2. The Labute approximate surface area is 130 Å². The van der Waals surface area contributed by atoms with Crippen molar-refractivity contribution in [2.75, 3.05) is 25.6 Å². The van der Waals surface area contributed by atoms with Crippen LogP contribution in [0, 0.1) is 2.88 Å². The Morgan fingerprint density at radius 3 is 2.83 bits per heavy atom. The Hall–Kier alpha value is 0.150. The molecule has 1 saturated heterocycles. The highest BCUT2D eigenvalue weighted by molar-refractivity contribution is 14.1. The number of hydrogen-bond acceptors (Lipinski definition) is 3. The molecule has 1 aliphatic heterocycles. The van der Waals surface area contributed by atoms with Crippen molar-refractivity contribution in [3.8, 4) is 0 Å². The predicted octanol–water partition coefficient (Wildman–Crippen LogP) is 3.21. The van der Waals surface area contributed by atoms with Gasteiger partial charge in [-0.25, -0.2) is 0 Å². The summed E-state index contributed by atoms with van der Waals surface area (Å²) in [6, 6.07) is 1.95. The molecule has 0 unspecified atom stereocenters. The molecule has 0 aromatic carbocycles. The highest BCUT2D eigenvalue weighted by Gasteiger charge is 2.24. The van der Waals surface area contributed by atoms with Crippen LogP contribution in [0.3, 0.4) is 0 Å². The second-order valence-corrected chi connectivity index (χ2v) is 7.37. The van der Waals surface area contributed by atoms with Crippen molar-refractivity contribution in [3.05, 3.63) is 19.9 Å². The third-order valence-electron chi connectivity index (χ3n) is 2.97. The first kappa shape index (κ1) is 14.6. The van der Waals surface area contributed by atoms with Gasteiger partial charge in [-0.05, 0) is 41.5 Å². The molecule has 2 heterocycles. The van der Waals surface area contributed by atoms with E-state index in [2.05, 4.69) is 22.6 Å². The van der Waals surface area contributed by atoms with Crippen molar-refractivity contribution < 1.29 is 9.53 Å². The summed E-state index contributed by atoms with van der Waals surface area (Å²) < 4.78 is 6.75. The van der Waals surface area contributed by atoms with Crippen LogP contribution >= 0.6 is 45.5 Å². The summed E-state index contributed by atoms with van der Waals surface area (Å²) in [6.07, 6.45) is 2.07. The zero-order chi connectivity index (χ0) is 13.0. The number of ether oxygens (including phenoxy) is 1. The number of carbonyl (C=O) groups excluding carboxylic acids is 1. The van der Waals surface area contributed by atoms with Gasteiger partial charge in [0, 0.05) is 24.3 Å². The van der Waals surface area contributed by atoms with Gasteiger partial charge < -0.3 is 9.64 Å². The summed E-state index contributed by atoms with van der Waals surface area (Å²) in [5.74, 6) is 0.678. The van der Waals surface area contributed by atoms with E-state index in [0.717, 1.165) is 34.4 Å². The Bertz CT molecular complexity index is 405. The molecule has 1 aromatic rings. The first-order chi connectivity index (χ1) is 8.70. The topological polar surface area (TPSA) is 29.5 Å². The SMILES string of the molecule is O=C(c1csc(I)c1)N1CCC(OCCCl)CC1. The Kier molecular flexibility index (Phi) is 5.72. The second-order valence-electron chi connectivity index (χ2n) is 4.19. The zero-order valence-electron chi connectivity index (χ0n) is 9.90. The Morgan fingerprint density at radius 2 is 2.28 bits per heavy atom. The molecule has 0 saturated carbocycles. The van der Waals surface area contributed by atoms with Gasteiger partial charge in [0.05, 0.1) is 21.2 Å².